The molecular formula is C19H21ClN2O3. The average Bonchev–Trinajstić information content (AvgIpc) is 2.60. The van der Waals surface area contributed by atoms with Crippen molar-refractivity contribution in [2.24, 2.45) is 0 Å². The van der Waals surface area contributed by atoms with Crippen molar-refractivity contribution in [3.8, 4) is 5.75 Å². The predicted molar refractivity (Wildman–Crippen MR) is 99.2 cm³/mol. The van der Waals surface area contributed by atoms with Crippen molar-refractivity contribution < 1.29 is 14.3 Å². The van der Waals surface area contributed by atoms with Crippen LogP contribution in [0, 0.1) is 0 Å². The van der Waals surface area contributed by atoms with E-state index in [4.69, 9.17) is 16.3 Å². The molecule has 6 heteroatoms. The molecule has 0 aliphatic heterocycles. The van der Waals surface area contributed by atoms with Crippen LogP contribution in [0.1, 0.15) is 30.6 Å². The minimum atomic E-state index is -0.729. The Morgan fingerprint density at radius 3 is 2.56 bits per heavy atom. The van der Waals surface area contributed by atoms with Gasteiger partial charge in [-0.15, -0.1) is 0 Å². The van der Waals surface area contributed by atoms with E-state index >= 15 is 0 Å². The second-order valence-corrected chi connectivity index (χ2v) is 5.94. The van der Waals surface area contributed by atoms with Crippen LogP contribution in [0.5, 0.6) is 5.75 Å². The quantitative estimate of drug-likeness (QED) is 0.787. The molecule has 2 N–H and O–H groups in total. The number of hydrogen-bond acceptors (Lipinski definition) is 3. The van der Waals surface area contributed by atoms with Gasteiger partial charge in [-0.2, -0.15) is 0 Å². The van der Waals surface area contributed by atoms with Crippen LogP contribution in [0.15, 0.2) is 48.5 Å². The van der Waals surface area contributed by atoms with Crippen molar-refractivity contribution in [3.63, 3.8) is 0 Å². The summed E-state index contributed by atoms with van der Waals surface area (Å²) >= 11 is 6.00. The van der Waals surface area contributed by atoms with E-state index in [2.05, 4.69) is 10.6 Å². The topological polar surface area (TPSA) is 67.4 Å². The summed E-state index contributed by atoms with van der Waals surface area (Å²) in [6.07, 6.45) is 0.0936. The maximum absolute atomic E-state index is 12.4. The number of amides is 2. The van der Waals surface area contributed by atoms with Gasteiger partial charge < -0.3 is 15.4 Å². The molecule has 1 unspecified atom stereocenters. The molecule has 0 heterocycles. The first-order valence-electron chi connectivity index (χ1n) is 8.11. The number of rotatable bonds is 7. The van der Waals surface area contributed by atoms with E-state index in [1.54, 1.807) is 37.3 Å². The summed E-state index contributed by atoms with van der Waals surface area (Å²) in [5.74, 6) is -0.0294. The lowest BCUT2D eigenvalue weighted by Crippen LogP contribution is -2.32. The van der Waals surface area contributed by atoms with Crippen molar-refractivity contribution in [1.82, 2.24) is 5.32 Å². The molecule has 0 aromatic heterocycles. The maximum Gasteiger partial charge on any atom is 0.265 e. The Kier molecular flexibility index (Phi) is 6.83. The smallest absolute Gasteiger partial charge is 0.265 e. The molecule has 0 saturated carbocycles. The molecule has 0 aliphatic carbocycles. The van der Waals surface area contributed by atoms with E-state index in [-0.39, 0.29) is 11.8 Å². The molecule has 0 fully saturated rings. The number of carbonyl (C=O) groups excluding carboxylic acids is 2. The van der Waals surface area contributed by atoms with Gasteiger partial charge in [-0.1, -0.05) is 36.7 Å². The molecule has 2 rings (SSSR count). The minimum Gasteiger partial charge on any atom is -0.481 e. The Bertz CT molecular complexity index is 735. The van der Waals surface area contributed by atoms with Crippen LogP contribution in [-0.4, -0.2) is 24.5 Å². The third kappa shape index (κ3) is 5.50. The third-order valence-corrected chi connectivity index (χ3v) is 3.68. The lowest BCUT2D eigenvalue weighted by atomic mass is 10.1. The van der Waals surface area contributed by atoms with Crippen LogP contribution >= 0.6 is 11.6 Å². The fraction of sp³-hybridized carbons (Fsp3) is 0.263. The summed E-state index contributed by atoms with van der Waals surface area (Å²) in [7, 11) is 0. The van der Waals surface area contributed by atoms with Crippen molar-refractivity contribution in [1.29, 1.82) is 0 Å². The Labute approximate surface area is 152 Å². The molecule has 5 nitrogen and oxygen atoms in total. The van der Waals surface area contributed by atoms with Gasteiger partial charge in [0.1, 0.15) is 5.75 Å². The van der Waals surface area contributed by atoms with Crippen molar-refractivity contribution in [2.75, 3.05) is 11.9 Å². The first kappa shape index (κ1) is 18.8. The standard InChI is InChI=1S/C19H21ClN2O3/c1-3-11-21-19(24)16-10-9-14(20)12-17(16)22-18(23)13(2)25-15-7-5-4-6-8-15/h4-10,12-13H,3,11H2,1-2H3,(H,21,24)(H,22,23). The van der Waals surface area contributed by atoms with E-state index in [1.807, 2.05) is 25.1 Å². The highest BCUT2D eigenvalue weighted by atomic mass is 35.5. The zero-order chi connectivity index (χ0) is 18.2. The van der Waals surface area contributed by atoms with Gasteiger partial charge in [0.15, 0.2) is 6.10 Å². The molecule has 2 aromatic carbocycles. The van der Waals surface area contributed by atoms with Crippen LogP contribution in [0.25, 0.3) is 0 Å². The molecular weight excluding hydrogens is 340 g/mol. The van der Waals surface area contributed by atoms with Gasteiger partial charge in [-0.3, -0.25) is 9.59 Å². The van der Waals surface area contributed by atoms with Crippen molar-refractivity contribution in [2.45, 2.75) is 26.4 Å². The van der Waals surface area contributed by atoms with Gasteiger partial charge in [-0.25, -0.2) is 0 Å². The monoisotopic (exact) mass is 360 g/mol. The number of anilines is 1. The molecule has 0 saturated heterocycles. The van der Waals surface area contributed by atoms with Gasteiger partial charge in [0.2, 0.25) is 0 Å². The van der Waals surface area contributed by atoms with E-state index in [1.165, 1.54) is 0 Å². The number of benzene rings is 2. The molecule has 1 atom stereocenters. The number of hydrogen-bond donors (Lipinski definition) is 2. The lowest BCUT2D eigenvalue weighted by Gasteiger charge is -2.16. The summed E-state index contributed by atoms with van der Waals surface area (Å²) < 4.78 is 5.60. The Morgan fingerprint density at radius 1 is 1.16 bits per heavy atom. The van der Waals surface area contributed by atoms with Crippen LogP contribution < -0.4 is 15.4 Å². The summed E-state index contributed by atoms with van der Waals surface area (Å²) in [4.78, 5) is 24.6. The predicted octanol–water partition coefficient (Wildman–Crippen LogP) is 3.89. The molecule has 0 aliphatic rings. The zero-order valence-electron chi connectivity index (χ0n) is 14.2. The number of halogens is 1. The van der Waals surface area contributed by atoms with Crippen LogP contribution in [-0.2, 0) is 4.79 Å². The summed E-state index contributed by atoms with van der Waals surface area (Å²) in [6.45, 7) is 4.17. The maximum atomic E-state index is 12.4. The van der Waals surface area contributed by atoms with E-state index in [9.17, 15) is 9.59 Å². The number of ether oxygens (including phenoxy) is 1. The highest BCUT2D eigenvalue weighted by Crippen LogP contribution is 2.22. The average molecular weight is 361 g/mol. The largest absolute Gasteiger partial charge is 0.481 e. The van der Waals surface area contributed by atoms with Crippen LogP contribution in [0.3, 0.4) is 0 Å². The second-order valence-electron chi connectivity index (χ2n) is 5.51. The minimum absolute atomic E-state index is 0.259. The van der Waals surface area contributed by atoms with Crippen molar-refractivity contribution >= 4 is 29.1 Å². The Hall–Kier alpha value is -2.53. The first-order valence-corrected chi connectivity index (χ1v) is 8.49. The molecule has 25 heavy (non-hydrogen) atoms. The molecule has 0 radical (unpaired) electrons. The van der Waals surface area contributed by atoms with E-state index in [0.717, 1.165) is 6.42 Å². The normalized spacial score (nSPS) is 11.5. The summed E-state index contributed by atoms with van der Waals surface area (Å²) in [5.41, 5.74) is 0.715. The first-order chi connectivity index (χ1) is 12.0. The van der Waals surface area contributed by atoms with E-state index in [0.29, 0.717) is 28.6 Å². The molecule has 132 valence electrons. The van der Waals surface area contributed by atoms with Gasteiger partial charge in [0.05, 0.1) is 11.3 Å². The summed E-state index contributed by atoms with van der Waals surface area (Å²) in [5, 5.41) is 5.94. The van der Waals surface area contributed by atoms with Crippen LogP contribution in [0.2, 0.25) is 5.02 Å². The summed E-state index contributed by atoms with van der Waals surface area (Å²) in [6, 6.07) is 13.8. The fourth-order valence-electron chi connectivity index (χ4n) is 2.14. The van der Waals surface area contributed by atoms with Crippen molar-refractivity contribution in [3.05, 3.63) is 59.1 Å². The number of carbonyl (C=O) groups is 2. The molecule has 0 bridgehead atoms. The van der Waals surface area contributed by atoms with Gasteiger partial charge in [-0.05, 0) is 43.7 Å². The highest BCUT2D eigenvalue weighted by Gasteiger charge is 2.19. The van der Waals surface area contributed by atoms with Crippen LogP contribution in [0.4, 0.5) is 5.69 Å². The lowest BCUT2D eigenvalue weighted by molar-refractivity contribution is -0.122. The van der Waals surface area contributed by atoms with Gasteiger partial charge >= 0.3 is 0 Å². The molecule has 0 spiro atoms. The number of nitrogens with one attached hydrogen (secondary N) is 2. The molecule has 2 amide bonds. The van der Waals surface area contributed by atoms with Gasteiger partial charge in [0.25, 0.3) is 11.8 Å². The third-order valence-electron chi connectivity index (χ3n) is 3.44. The Morgan fingerprint density at radius 2 is 1.88 bits per heavy atom. The second kappa shape index (κ2) is 9.08. The zero-order valence-corrected chi connectivity index (χ0v) is 15.0. The fourth-order valence-corrected chi connectivity index (χ4v) is 2.31. The van der Waals surface area contributed by atoms with E-state index < -0.39 is 6.10 Å². The highest BCUT2D eigenvalue weighted by molar-refractivity contribution is 6.31. The number of para-hydroxylation sites is 1. The molecule has 2 aromatic rings. The Balaban J connectivity index is 2.11. The SMILES string of the molecule is CCCNC(=O)c1ccc(Cl)cc1NC(=O)C(C)Oc1ccccc1. The van der Waals surface area contributed by atoms with Gasteiger partial charge in [0, 0.05) is 11.6 Å².